The summed E-state index contributed by atoms with van der Waals surface area (Å²) in [6.45, 7) is 2.00. The van der Waals surface area contributed by atoms with Gasteiger partial charge in [-0.15, -0.1) is 0 Å². The quantitative estimate of drug-likeness (QED) is 0.481. The average Bonchev–Trinajstić information content (AvgIpc) is 2.56. The Bertz CT molecular complexity index is 827. The SMILES string of the molecule is Cc1ccc(-c2ccccc2)c(Oc2ccc([N+](=O)[O-])cc2)c1. The molecule has 0 radical (unpaired) electrons. The Labute approximate surface area is 134 Å². The molecule has 3 rings (SSSR count). The van der Waals surface area contributed by atoms with E-state index in [0.717, 1.165) is 22.4 Å². The minimum atomic E-state index is -0.425. The van der Waals surface area contributed by atoms with Gasteiger partial charge in [0.1, 0.15) is 11.5 Å². The number of nitro benzene ring substituents is 1. The highest BCUT2D eigenvalue weighted by molar-refractivity contribution is 5.71. The largest absolute Gasteiger partial charge is 0.457 e. The van der Waals surface area contributed by atoms with Crippen LogP contribution in [0.25, 0.3) is 11.1 Å². The lowest BCUT2D eigenvalue weighted by atomic mass is 10.0. The summed E-state index contributed by atoms with van der Waals surface area (Å²) in [5, 5.41) is 10.7. The molecule has 3 aromatic rings. The Kier molecular flexibility index (Phi) is 4.06. The Hall–Kier alpha value is -3.14. The van der Waals surface area contributed by atoms with Crippen molar-refractivity contribution < 1.29 is 9.66 Å². The van der Waals surface area contributed by atoms with Crippen LogP contribution in [0.4, 0.5) is 5.69 Å². The number of aryl methyl sites for hydroxylation is 1. The van der Waals surface area contributed by atoms with Crippen molar-refractivity contribution in [1.29, 1.82) is 0 Å². The molecule has 0 bridgehead atoms. The predicted molar refractivity (Wildman–Crippen MR) is 89.8 cm³/mol. The van der Waals surface area contributed by atoms with E-state index < -0.39 is 4.92 Å². The number of benzene rings is 3. The van der Waals surface area contributed by atoms with Gasteiger partial charge >= 0.3 is 0 Å². The molecule has 3 aromatic carbocycles. The molecular formula is C19H15NO3. The van der Waals surface area contributed by atoms with Crippen LogP contribution in [0.2, 0.25) is 0 Å². The molecule has 0 saturated carbocycles. The number of hydrogen-bond donors (Lipinski definition) is 0. The van der Waals surface area contributed by atoms with Crippen molar-refractivity contribution >= 4 is 5.69 Å². The lowest BCUT2D eigenvalue weighted by Crippen LogP contribution is -1.91. The second-order valence-corrected chi connectivity index (χ2v) is 5.22. The van der Waals surface area contributed by atoms with Crippen LogP contribution in [0.15, 0.2) is 72.8 Å². The molecule has 0 amide bonds. The van der Waals surface area contributed by atoms with Gasteiger partial charge in [-0.2, -0.15) is 0 Å². The van der Waals surface area contributed by atoms with Crippen LogP contribution in [0.5, 0.6) is 11.5 Å². The summed E-state index contributed by atoms with van der Waals surface area (Å²) in [5.74, 6) is 1.29. The topological polar surface area (TPSA) is 52.4 Å². The van der Waals surface area contributed by atoms with Crippen LogP contribution in [-0.4, -0.2) is 4.92 Å². The molecule has 0 heterocycles. The Morgan fingerprint density at radius 3 is 2.26 bits per heavy atom. The van der Waals surface area contributed by atoms with Crippen LogP contribution in [0, 0.1) is 17.0 Å². The van der Waals surface area contributed by atoms with Gasteiger partial charge in [0.15, 0.2) is 0 Å². The lowest BCUT2D eigenvalue weighted by molar-refractivity contribution is -0.384. The molecule has 0 aliphatic rings. The van der Waals surface area contributed by atoms with E-state index in [9.17, 15) is 10.1 Å². The van der Waals surface area contributed by atoms with Crippen molar-refractivity contribution in [2.24, 2.45) is 0 Å². The molecule has 0 unspecified atom stereocenters. The minimum Gasteiger partial charge on any atom is -0.457 e. The second kappa shape index (κ2) is 6.32. The fourth-order valence-corrected chi connectivity index (χ4v) is 2.33. The van der Waals surface area contributed by atoms with Gasteiger partial charge in [-0.05, 0) is 36.2 Å². The standard InChI is InChI=1S/C19H15NO3/c1-14-7-12-18(15-5-3-2-4-6-15)19(13-14)23-17-10-8-16(9-11-17)20(21)22/h2-13H,1H3. The van der Waals surface area contributed by atoms with Crippen LogP contribution in [-0.2, 0) is 0 Å². The third-order valence-corrected chi connectivity index (χ3v) is 3.50. The molecule has 0 saturated heterocycles. The molecule has 0 spiro atoms. The lowest BCUT2D eigenvalue weighted by Gasteiger charge is -2.12. The van der Waals surface area contributed by atoms with Crippen molar-refractivity contribution in [3.63, 3.8) is 0 Å². The third-order valence-electron chi connectivity index (χ3n) is 3.50. The highest BCUT2D eigenvalue weighted by Crippen LogP contribution is 2.34. The number of non-ortho nitro benzene ring substituents is 1. The Balaban J connectivity index is 1.96. The van der Waals surface area contributed by atoms with Gasteiger partial charge in [0, 0.05) is 17.7 Å². The van der Waals surface area contributed by atoms with E-state index in [1.807, 2.05) is 55.5 Å². The van der Waals surface area contributed by atoms with Gasteiger partial charge in [0.25, 0.3) is 5.69 Å². The van der Waals surface area contributed by atoms with Gasteiger partial charge in [0.2, 0.25) is 0 Å². The van der Waals surface area contributed by atoms with E-state index >= 15 is 0 Å². The first-order chi connectivity index (χ1) is 11.1. The summed E-state index contributed by atoms with van der Waals surface area (Å²) < 4.78 is 5.96. The van der Waals surface area contributed by atoms with Crippen molar-refractivity contribution in [1.82, 2.24) is 0 Å². The highest BCUT2D eigenvalue weighted by atomic mass is 16.6. The fourth-order valence-electron chi connectivity index (χ4n) is 2.33. The summed E-state index contributed by atoms with van der Waals surface area (Å²) in [5.41, 5.74) is 3.17. The Morgan fingerprint density at radius 1 is 0.913 bits per heavy atom. The van der Waals surface area contributed by atoms with E-state index in [1.165, 1.54) is 12.1 Å². The van der Waals surface area contributed by atoms with E-state index in [2.05, 4.69) is 0 Å². The average molecular weight is 305 g/mol. The maximum Gasteiger partial charge on any atom is 0.269 e. The van der Waals surface area contributed by atoms with E-state index in [-0.39, 0.29) is 5.69 Å². The van der Waals surface area contributed by atoms with Crippen LogP contribution < -0.4 is 4.74 Å². The maximum atomic E-state index is 10.7. The van der Waals surface area contributed by atoms with Gasteiger partial charge < -0.3 is 4.74 Å². The van der Waals surface area contributed by atoms with Crippen LogP contribution in [0.1, 0.15) is 5.56 Å². The smallest absolute Gasteiger partial charge is 0.269 e. The number of ether oxygens (including phenoxy) is 1. The Morgan fingerprint density at radius 2 is 1.61 bits per heavy atom. The number of nitrogens with zero attached hydrogens (tertiary/aromatic N) is 1. The van der Waals surface area contributed by atoms with Gasteiger partial charge in [-0.25, -0.2) is 0 Å². The first-order valence-corrected chi connectivity index (χ1v) is 7.22. The van der Waals surface area contributed by atoms with E-state index in [1.54, 1.807) is 12.1 Å². The molecule has 0 atom stereocenters. The number of hydrogen-bond acceptors (Lipinski definition) is 3. The normalized spacial score (nSPS) is 10.3. The second-order valence-electron chi connectivity index (χ2n) is 5.22. The number of rotatable bonds is 4. The summed E-state index contributed by atoms with van der Waals surface area (Å²) in [6, 6.07) is 22.1. The number of nitro groups is 1. The molecule has 114 valence electrons. The minimum absolute atomic E-state index is 0.0462. The van der Waals surface area contributed by atoms with Crippen molar-refractivity contribution in [2.45, 2.75) is 6.92 Å². The van der Waals surface area contributed by atoms with Gasteiger partial charge in [-0.1, -0.05) is 42.5 Å². The predicted octanol–water partition coefficient (Wildman–Crippen LogP) is 5.36. The maximum absolute atomic E-state index is 10.7. The summed E-state index contributed by atoms with van der Waals surface area (Å²) in [7, 11) is 0. The first kappa shape index (κ1) is 14.8. The van der Waals surface area contributed by atoms with Crippen LogP contribution in [0.3, 0.4) is 0 Å². The summed E-state index contributed by atoms with van der Waals surface area (Å²) in [4.78, 5) is 10.3. The van der Waals surface area contributed by atoms with Crippen LogP contribution >= 0.6 is 0 Å². The molecular weight excluding hydrogens is 290 g/mol. The first-order valence-electron chi connectivity index (χ1n) is 7.22. The molecule has 23 heavy (non-hydrogen) atoms. The zero-order chi connectivity index (χ0) is 16.2. The van der Waals surface area contributed by atoms with Gasteiger partial charge in [-0.3, -0.25) is 10.1 Å². The van der Waals surface area contributed by atoms with Crippen molar-refractivity contribution in [3.05, 3.63) is 88.5 Å². The van der Waals surface area contributed by atoms with E-state index in [0.29, 0.717) is 5.75 Å². The fraction of sp³-hybridized carbons (Fsp3) is 0.0526. The van der Waals surface area contributed by atoms with Crippen molar-refractivity contribution in [3.8, 4) is 22.6 Å². The molecule has 4 nitrogen and oxygen atoms in total. The molecule has 0 fully saturated rings. The molecule has 0 N–H and O–H groups in total. The summed E-state index contributed by atoms with van der Waals surface area (Å²) >= 11 is 0. The van der Waals surface area contributed by atoms with Gasteiger partial charge in [0.05, 0.1) is 4.92 Å². The highest BCUT2D eigenvalue weighted by Gasteiger charge is 2.09. The molecule has 0 aliphatic heterocycles. The molecule has 0 aliphatic carbocycles. The van der Waals surface area contributed by atoms with E-state index in [4.69, 9.17) is 4.74 Å². The monoisotopic (exact) mass is 305 g/mol. The van der Waals surface area contributed by atoms with Crippen molar-refractivity contribution in [2.75, 3.05) is 0 Å². The zero-order valence-corrected chi connectivity index (χ0v) is 12.6. The molecule has 0 aromatic heterocycles. The third kappa shape index (κ3) is 3.37. The summed E-state index contributed by atoms with van der Waals surface area (Å²) in [6.07, 6.45) is 0. The molecule has 4 heteroatoms. The zero-order valence-electron chi connectivity index (χ0n) is 12.6.